The van der Waals surface area contributed by atoms with Crippen molar-refractivity contribution in [1.82, 2.24) is 34.1 Å². The van der Waals surface area contributed by atoms with Crippen molar-refractivity contribution in [2.45, 2.75) is 0 Å². The Bertz CT molecular complexity index is 7600. The first-order valence-electron chi connectivity index (χ1n) is 38.4. The molecule has 0 fully saturated rings. The summed E-state index contributed by atoms with van der Waals surface area (Å²) in [5, 5.41) is 15.1. The third-order valence-electron chi connectivity index (χ3n) is 22.3. The molecule has 23 aromatic rings. The molecule has 0 aliphatic rings. The molecule has 0 aliphatic heterocycles. The molecule has 6 aromatic heterocycles. The van der Waals surface area contributed by atoms with Gasteiger partial charge in [-0.05, 0) is 117 Å². The van der Waals surface area contributed by atoms with Gasteiger partial charge in [0.2, 0.25) is 0 Å². The number of rotatable bonds is 11. The molecule has 0 bridgehead atoms. The van der Waals surface area contributed by atoms with E-state index < -0.39 is 0 Å². The average Bonchev–Trinajstić information content (AvgIpc) is 1.54. The summed E-state index contributed by atoms with van der Waals surface area (Å²) in [6, 6.07) is 138. The van der Waals surface area contributed by atoms with E-state index in [0.29, 0.717) is 23.3 Å². The summed E-state index contributed by atoms with van der Waals surface area (Å²) in [6.07, 6.45) is 2.03. The molecule has 0 radical (unpaired) electrons. The molecular formula is C105H65N7S2. The quantitative estimate of drug-likeness (QED) is 0.129. The minimum absolute atomic E-state index is 0.634. The second-order valence-corrected chi connectivity index (χ2v) is 31.0. The molecule has 0 aliphatic carbocycles. The lowest BCUT2D eigenvalue weighted by Gasteiger charge is -2.15. The second-order valence-electron chi connectivity index (χ2n) is 28.9. The van der Waals surface area contributed by atoms with E-state index in [4.69, 9.17) is 24.9 Å². The van der Waals surface area contributed by atoms with Gasteiger partial charge in [-0.2, -0.15) is 0 Å². The van der Waals surface area contributed by atoms with E-state index in [0.717, 1.165) is 61.4 Å². The molecule has 7 nitrogen and oxygen atoms in total. The van der Waals surface area contributed by atoms with Crippen LogP contribution in [0.4, 0.5) is 0 Å². The standard InChI is InChI=1S/C55H34N4S.C50H31N3S/c1-5-15-35(16-6-1)40-27-31-47-45(33-40)49-50-46-34-41(36-17-7-2-8-18-36)28-32-48(46)60-52(50)44-24-14-13-23-43(44)51(49)59(47)42-29-25-39(26-30-42)55-57-53(37-19-9-3-10-20-37)56-54(58-55)38-21-11-4-12-22-38;1-5-15-32(16-6-1)36-25-27-42-40(29-36)45-46-41-30-37(33-17-7-2-8-18-33)26-28-44(41)54-49(46)39-24-14-13-23-38(39)48(45)53(42)43-31-51-50(35-21-11-4-12-22-35)52-47(43)34-19-9-3-10-20-34/h1-34H;1-31H. The Morgan fingerprint density at radius 1 is 0.211 bits per heavy atom. The van der Waals surface area contributed by atoms with Crippen LogP contribution in [-0.2, 0) is 0 Å². The fraction of sp³-hybridized carbons (Fsp3) is 0. The number of benzene rings is 17. The summed E-state index contributed by atoms with van der Waals surface area (Å²) < 4.78 is 10.1. The number of hydrogen-bond donors (Lipinski definition) is 0. The largest absolute Gasteiger partial charge is 0.309 e. The lowest BCUT2D eigenvalue weighted by atomic mass is 9.96. The van der Waals surface area contributed by atoms with Gasteiger partial charge in [0, 0.05) is 117 Å². The van der Waals surface area contributed by atoms with E-state index in [1.807, 2.05) is 108 Å². The number of fused-ring (bicyclic) bond motifs is 20. The normalized spacial score (nSPS) is 11.7. The van der Waals surface area contributed by atoms with Crippen molar-refractivity contribution in [2.75, 3.05) is 0 Å². The zero-order chi connectivity index (χ0) is 75.2. The fourth-order valence-corrected chi connectivity index (χ4v) is 19.4. The first-order valence-corrected chi connectivity index (χ1v) is 40.1. The molecule has 114 heavy (non-hydrogen) atoms. The van der Waals surface area contributed by atoms with E-state index in [2.05, 4.69) is 319 Å². The van der Waals surface area contributed by atoms with Crippen LogP contribution >= 0.6 is 22.7 Å². The highest BCUT2D eigenvalue weighted by Gasteiger charge is 2.28. The van der Waals surface area contributed by atoms with Crippen molar-refractivity contribution in [2.24, 2.45) is 0 Å². The van der Waals surface area contributed by atoms with E-state index in [9.17, 15) is 0 Å². The summed E-state index contributed by atoms with van der Waals surface area (Å²) in [6.45, 7) is 0. The van der Waals surface area contributed by atoms with E-state index >= 15 is 0 Å². The Kier molecular flexibility index (Phi) is 16.2. The van der Waals surface area contributed by atoms with Gasteiger partial charge in [0.05, 0.1) is 39.6 Å². The molecule has 17 aromatic carbocycles. The third-order valence-corrected chi connectivity index (χ3v) is 24.7. The monoisotopic (exact) mass is 1490 g/mol. The van der Waals surface area contributed by atoms with E-state index in [1.165, 1.54) is 133 Å². The molecule has 0 N–H and O–H groups in total. The minimum Gasteiger partial charge on any atom is -0.309 e. The van der Waals surface area contributed by atoms with Crippen LogP contribution in [0.1, 0.15) is 0 Å². The molecule has 0 unspecified atom stereocenters. The van der Waals surface area contributed by atoms with Crippen LogP contribution in [-0.4, -0.2) is 34.1 Å². The van der Waals surface area contributed by atoms with Crippen LogP contribution in [0, 0.1) is 0 Å². The van der Waals surface area contributed by atoms with Gasteiger partial charge in [0.15, 0.2) is 23.3 Å². The first-order chi connectivity index (χ1) is 56.5. The predicted molar refractivity (Wildman–Crippen MR) is 480 cm³/mol. The van der Waals surface area contributed by atoms with E-state index in [1.54, 1.807) is 0 Å². The van der Waals surface area contributed by atoms with Crippen molar-refractivity contribution >= 4 is 128 Å². The van der Waals surface area contributed by atoms with Gasteiger partial charge in [0.1, 0.15) is 0 Å². The maximum atomic E-state index is 5.35. The molecule has 0 amide bonds. The molecule has 0 saturated carbocycles. The summed E-state index contributed by atoms with van der Waals surface area (Å²) >= 11 is 3.78. The molecule has 23 rings (SSSR count). The Morgan fingerprint density at radius 2 is 0.518 bits per heavy atom. The van der Waals surface area contributed by atoms with Crippen LogP contribution in [0.2, 0.25) is 0 Å². The second kappa shape index (κ2) is 27.7. The van der Waals surface area contributed by atoms with Crippen molar-refractivity contribution < 1.29 is 0 Å². The van der Waals surface area contributed by atoms with Crippen LogP contribution in [0.5, 0.6) is 0 Å². The van der Waals surface area contributed by atoms with Crippen molar-refractivity contribution in [1.29, 1.82) is 0 Å². The van der Waals surface area contributed by atoms with E-state index in [-0.39, 0.29) is 0 Å². The van der Waals surface area contributed by atoms with Crippen molar-refractivity contribution in [3.63, 3.8) is 0 Å². The Labute approximate surface area is 664 Å². The Balaban J connectivity index is 0.000000140. The fourth-order valence-electron chi connectivity index (χ4n) is 17.0. The van der Waals surface area contributed by atoms with Gasteiger partial charge >= 0.3 is 0 Å². The molecule has 6 heterocycles. The van der Waals surface area contributed by atoms with Gasteiger partial charge < -0.3 is 9.13 Å². The number of aromatic nitrogens is 7. The van der Waals surface area contributed by atoms with Crippen molar-refractivity contribution in [3.05, 3.63) is 394 Å². The molecule has 0 spiro atoms. The highest BCUT2D eigenvalue weighted by Crippen LogP contribution is 2.52. The lowest BCUT2D eigenvalue weighted by Crippen LogP contribution is -2.03. The molecule has 532 valence electrons. The van der Waals surface area contributed by atoms with Gasteiger partial charge in [-0.1, -0.05) is 315 Å². The highest BCUT2D eigenvalue weighted by atomic mass is 32.1. The van der Waals surface area contributed by atoms with Crippen LogP contribution in [0.25, 0.3) is 218 Å². The first kappa shape index (κ1) is 66.4. The molecule has 0 atom stereocenters. The SMILES string of the molecule is c1ccc(-c2ccc3sc4c5ccccc5c5c(c6cc(-c7ccccc7)ccc6n5-c5ccc(-c6nc(-c7ccccc7)nc(-c7ccccc7)n6)cc5)c4c3c2)cc1.c1ccc(-c2ccc3sc4c5ccccc5c5c(c6cc(-c7ccccc7)ccc6n5-c5cnc(-c6ccccc6)nc5-c5ccccc5)c4c3c2)cc1. The van der Waals surface area contributed by atoms with Gasteiger partial charge in [0.25, 0.3) is 0 Å². The predicted octanol–water partition coefficient (Wildman–Crippen LogP) is 28.6. The number of nitrogens with zero attached hydrogens (tertiary/aromatic N) is 7. The number of thiophene rings is 2. The molecular weight excluding hydrogens is 1420 g/mol. The van der Waals surface area contributed by atoms with Crippen LogP contribution in [0.15, 0.2) is 394 Å². The lowest BCUT2D eigenvalue weighted by molar-refractivity contribution is 1.07. The zero-order valence-corrected chi connectivity index (χ0v) is 63.1. The highest BCUT2D eigenvalue weighted by molar-refractivity contribution is 7.27. The van der Waals surface area contributed by atoms with Gasteiger partial charge in [-0.15, -0.1) is 22.7 Å². The summed E-state index contributed by atoms with van der Waals surface area (Å²) in [7, 11) is 0. The summed E-state index contributed by atoms with van der Waals surface area (Å²) in [5.41, 5.74) is 22.0. The van der Waals surface area contributed by atoms with Crippen LogP contribution in [0.3, 0.4) is 0 Å². The minimum atomic E-state index is 0.634. The Hall–Kier alpha value is -14.6. The topological polar surface area (TPSA) is 74.3 Å². The van der Waals surface area contributed by atoms with Crippen molar-refractivity contribution in [3.8, 4) is 113 Å². The van der Waals surface area contributed by atoms with Crippen LogP contribution < -0.4 is 0 Å². The molecule has 9 heteroatoms. The average molecular weight is 1490 g/mol. The van der Waals surface area contributed by atoms with Gasteiger partial charge in [-0.3, -0.25) is 0 Å². The Morgan fingerprint density at radius 3 is 0.921 bits per heavy atom. The summed E-state index contributed by atoms with van der Waals surface area (Å²) in [5.74, 6) is 2.63. The van der Waals surface area contributed by atoms with Gasteiger partial charge in [-0.25, -0.2) is 24.9 Å². The third kappa shape index (κ3) is 11.3. The summed E-state index contributed by atoms with van der Waals surface area (Å²) in [4.78, 5) is 25.4. The smallest absolute Gasteiger partial charge is 0.164 e. The number of hydrogen-bond acceptors (Lipinski definition) is 7. The zero-order valence-electron chi connectivity index (χ0n) is 61.5. The maximum absolute atomic E-state index is 5.35. The molecule has 0 saturated heterocycles. The maximum Gasteiger partial charge on any atom is 0.164 e.